The molecule has 2 heterocycles. The quantitative estimate of drug-likeness (QED) is 0.390. The number of halogens is 2. The maximum absolute atomic E-state index is 13.9. The van der Waals surface area contributed by atoms with Crippen LogP contribution < -0.4 is 10.9 Å². The van der Waals surface area contributed by atoms with Crippen molar-refractivity contribution >= 4 is 38.9 Å². The Morgan fingerprint density at radius 2 is 1.30 bits per heavy atom. The number of pyridine rings is 1. The van der Waals surface area contributed by atoms with Gasteiger partial charge in [-0.1, -0.05) is 65.7 Å². The smallest absolute Gasteiger partial charge is 0.272 e. The highest BCUT2D eigenvalue weighted by atomic mass is 35.5. The van der Waals surface area contributed by atoms with Crippen LogP contribution in [0.4, 0.5) is 5.82 Å². The third kappa shape index (κ3) is 3.74. The van der Waals surface area contributed by atoms with E-state index >= 15 is 0 Å². The molecule has 1 N–H and O–H groups in total. The van der Waals surface area contributed by atoms with E-state index in [1.165, 1.54) is 16.7 Å². The van der Waals surface area contributed by atoms with Crippen molar-refractivity contribution in [1.82, 2.24) is 4.57 Å². The van der Waals surface area contributed by atoms with E-state index in [-0.39, 0.29) is 9.79 Å². The molecular weight excluding hydrogens is 479 g/mol. The van der Waals surface area contributed by atoms with Gasteiger partial charge in [0.05, 0.1) is 4.90 Å². The number of aromatic nitrogens is 1. The van der Waals surface area contributed by atoms with Gasteiger partial charge >= 0.3 is 0 Å². The van der Waals surface area contributed by atoms with Gasteiger partial charge in [0.2, 0.25) is 9.84 Å². The minimum atomic E-state index is -4.14. The van der Waals surface area contributed by atoms with E-state index < -0.39 is 15.4 Å². The van der Waals surface area contributed by atoms with Gasteiger partial charge in [0, 0.05) is 34.3 Å². The Hall–Kier alpha value is -3.06. The number of anilines is 1. The summed E-state index contributed by atoms with van der Waals surface area (Å²) in [5.74, 6) is 0.583. The normalized spacial score (nSPS) is 12.9. The van der Waals surface area contributed by atoms with E-state index in [0.717, 1.165) is 5.56 Å². The van der Waals surface area contributed by atoms with Gasteiger partial charge in [-0.3, -0.25) is 9.36 Å². The molecule has 5 nitrogen and oxygen atoms in total. The predicted molar refractivity (Wildman–Crippen MR) is 132 cm³/mol. The lowest BCUT2D eigenvalue weighted by atomic mass is 9.95. The molecule has 166 valence electrons. The highest BCUT2D eigenvalue weighted by Crippen LogP contribution is 2.43. The van der Waals surface area contributed by atoms with Gasteiger partial charge in [-0.05, 0) is 47.5 Å². The first-order chi connectivity index (χ1) is 15.9. The Balaban J connectivity index is 1.96. The van der Waals surface area contributed by atoms with Crippen LogP contribution in [0.3, 0.4) is 0 Å². The number of benzene rings is 3. The highest BCUT2D eigenvalue weighted by Gasteiger charge is 2.33. The summed E-state index contributed by atoms with van der Waals surface area (Å²) in [7, 11) is -4.14. The molecule has 3 aromatic carbocycles. The van der Waals surface area contributed by atoms with Crippen LogP contribution in [0.1, 0.15) is 0 Å². The Labute approximate surface area is 201 Å². The molecule has 4 aromatic rings. The molecule has 8 heteroatoms. The van der Waals surface area contributed by atoms with Crippen LogP contribution in [0.25, 0.3) is 22.3 Å². The number of hydrogen-bond donors (Lipinski definition) is 1. The molecule has 0 spiro atoms. The average Bonchev–Trinajstić information content (AvgIpc) is 3.31. The number of hydrogen-bond acceptors (Lipinski definition) is 4. The summed E-state index contributed by atoms with van der Waals surface area (Å²) in [6, 6.07) is 22.0. The van der Waals surface area contributed by atoms with Crippen molar-refractivity contribution in [3.63, 3.8) is 0 Å². The summed E-state index contributed by atoms with van der Waals surface area (Å²) < 4.78 is 29.2. The molecule has 5 rings (SSSR count). The average molecular weight is 497 g/mol. The van der Waals surface area contributed by atoms with Gasteiger partial charge < -0.3 is 5.32 Å². The van der Waals surface area contributed by atoms with E-state index in [2.05, 4.69) is 5.32 Å². The van der Waals surface area contributed by atoms with Crippen molar-refractivity contribution in [1.29, 1.82) is 0 Å². The van der Waals surface area contributed by atoms with Crippen molar-refractivity contribution < 1.29 is 8.42 Å². The summed E-state index contributed by atoms with van der Waals surface area (Å²) in [6.07, 6.45) is 0. The molecule has 0 radical (unpaired) electrons. The van der Waals surface area contributed by atoms with E-state index in [9.17, 15) is 13.2 Å². The highest BCUT2D eigenvalue weighted by molar-refractivity contribution is 7.91. The number of sulfone groups is 1. The van der Waals surface area contributed by atoms with Crippen LogP contribution in [-0.2, 0) is 16.4 Å². The predicted octanol–water partition coefficient (Wildman–Crippen LogP) is 5.75. The number of fused-ring (bicyclic) bond motifs is 1. The number of nitrogens with zero attached hydrogens (tertiary/aromatic N) is 1. The van der Waals surface area contributed by atoms with Gasteiger partial charge in [-0.15, -0.1) is 0 Å². The molecule has 1 aromatic heterocycles. The van der Waals surface area contributed by atoms with E-state index in [1.54, 1.807) is 54.6 Å². The third-order valence-electron chi connectivity index (χ3n) is 5.64. The second kappa shape index (κ2) is 8.37. The molecule has 0 saturated carbocycles. The molecule has 0 fully saturated rings. The van der Waals surface area contributed by atoms with Crippen molar-refractivity contribution in [3.05, 3.63) is 99.3 Å². The third-order valence-corrected chi connectivity index (χ3v) is 7.95. The number of nitrogens with one attached hydrogen (secondary N) is 1. The topological polar surface area (TPSA) is 68.2 Å². The van der Waals surface area contributed by atoms with E-state index in [1.807, 2.05) is 12.1 Å². The summed E-state index contributed by atoms with van der Waals surface area (Å²) in [6.45, 7) is 0.887. The van der Waals surface area contributed by atoms with E-state index in [0.29, 0.717) is 45.6 Å². The SMILES string of the molecule is O=c1c(S(=O)(=O)c2ccccc2)c(-c2ccc(Cl)cc2)c(-c2ccc(Cl)cc2)c2n1CCN2. The largest absolute Gasteiger partial charge is 0.369 e. The van der Waals surface area contributed by atoms with Gasteiger partial charge in [-0.2, -0.15) is 0 Å². The first-order valence-electron chi connectivity index (χ1n) is 10.2. The molecule has 0 amide bonds. The van der Waals surface area contributed by atoms with Crippen LogP contribution in [0, 0.1) is 0 Å². The summed E-state index contributed by atoms with van der Waals surface area (Å²) >= 11 is 12.2. The van der Waals surface area contributed by atoms with Crippen molar-refractivity contribution in [2.45, 2.75) is 16.3 Å². The van der Waals surface area contributed by atoms with Gasteiger partial charge in [0.1, 0.15) is 10.7 Å². The maximum atomic E-state index is 13.9. The summed E-state index contributed by atoms with van der Waals surface area (Å²) in [4.78, 5) is 13.5. The molecule has 1 aliphatic rings. The minimum absolute atomic E-state index is 0.0610. The fourth-order valence-electron chi connectivity index (χ4n) is 4.14. The number of rotatable bonds is 4. The maximum Gasteiger partial charge on any atom is 0.272 e. The van der Waals surface area contributed by atoms with Gasteiger partial charge in [-0.25, -0.2) is 8.42 Å². The van der Waals surface area contributed by atoms with Crippen molar-refractivity contribution in [2.24, 2.45) is 0 Å². The Morgan fingerprint density at radius 3 is 1.88 bits per heavy atom. The fraction of sp³-hybridized carbons (Fsp3) is 0.0800. The van der Waals surface area contributed by atoms with Crippen molar-refractivity contribution in [2.75, 3.05) is 11.9 Å². The molecule has 0 saturated heterocycles. The lowest BCUT2D eigenvalue weighted by molar-refractivity contribution is 0.593. The standard InChI is InChI=1S/C25H18Cl2N2O3S/c26-18-10-6-16(7-11-18)21-22(17-8-12-19(27)13-9-17)24-28-14-15-29(24)25(30)23(21)33(31,32)20-4-2-1-3-5-20/h1-13,28H,14-15H2. The zero-order valence-electron chi connectivity index (χ0n) is 17.3. The first-order valence-corrected chi connectivity index (χ1v) is 12.5. The Morgan fingerprint density at radius 1 is 0.758 bits per heavy atom. The van der Waals surface area contributed by atoms with Crippen LogP contribution in [0.2, 0.25) is 10.0 Å². The second-order valence-electron chi connectivity index (χ2n) is 7.64. The fourth-order valence-corrected chi connectivity index (χ4v) is 5.97. The minimum Gasteiger partial charge on any atom is -0.369 e. The Kier molecular flexibility index (Phi) is 5.52. The summed E-state index contributed by atoms with van der Waals surface area (Å²) in [5.41, 5.74) is 1.73. The van der Waals surface area contributed by atoms with Crippen molar-refractivity contribution in [3.8, 4) is 22.3 Å². The molecule has 0 bridgehead atoms. The van der Waals surface area contributed by atoms with E-state index in [4.69, 9.17) is 23.2 Å². The lowest BCUT2D eigenvalue weighted by Gasteiger charge is -2.20. The molecule has 0 atom stereocenters. The van der Waals surface area contributed by atoms with Crippen LogP contribution in [0.5, 0.6) is 0 Å². The molecule has 33 heavy (non-hydrogen) atoms. The molecular formula is C25H18Cl2N2O3S. The summed E-state index contributed by atoms with van der Waals surface area (Å²) in [5, 5.41) is 4.34. The molecule has 0 aliphatic carbocycles. The first kappa shape index (κ1) is 21.8. The van der Waals surface area contributed by atoms with Crippen LogP contribution >= 0.6 is 23.2 Å². The van der Waals surface area contributed by atoms with Gasteiger partial charge in [0.25, 0.3) is 5.56 Å². The molecule has 1 aliphatic heterocycles. The van der Waals surface area contributed by atoms with Crippen LogP contribution in [-0.4, -0.2) is 19.5 Å². The Bertz CT molecular complexity index is 1510. The zero-order valence-corrected chi connectivity index (χ0v) is 19.6. The second-order valence-corrected chi connectivity index (χ2v) is 10.4. The lowest BCUT2D eigenvalue weighted by Crippen LogP contribution is -2.27. The van der Waals surface area contributed by atoms with Crippen LogP contribution in [0.15, 0.2) is 93.4 Å². The van der Waals surface area contributed by atoms with Gasteiger partial charge in [0.15, 0.2) is 0 Å². The monoisotopic (exact) mass is 496 g/mol. The zero-order chi connectivity index (χ0) is 23.2. The molecule has 0 unspecified atom stereocenters.